The van der Waals surface area contributed by atoms with Crippen molar-refractivity contribution in [3.05, 3.63) is 48.4 Å². The van der Waals surface area contributed by atoms with Gasteiger partial charge < -0.3 is 10.2 Å². The average Bonchev–Trinajstić information content (AvgIpc) is 2.76. The summed E-state index contributed by atoms with van der Waals surface area (Å²) in [7, 11) is 2.01. The first-order chi connectivity index (χ1) is 9.99. The molecule has 1 aliphatic rings. The van der Waals surface area contributed by atoms with Gasteiger partial charge in [0, 0.05) is 31.1 Å². The zero-order chi connectivity index (χ0) is 15.1. The van der Waals surface area contributed by atoms with Crippen LogP contribution in [0.4, 0.5) is 5.82 Å². The van der Waals surface area contributed by atoms with Crippen molar-refractivity contribution in [3.8, 4) is 0 Å². The lowest BCUT2D eigenvalue weighted by atomic mass is 10.0. The number of rotatable bonds is 2. The molecule has 0 bridgehead atoms. The largest absolute Gasteiger partial charge is 0.346 e. The van der Waals surface area contributed by atoms with Gasteiger partial charge in [0.1, 0.15) is 5.82 Å². The summed E-state index contributed by atoms with van der Waals surface area (Å²) in [5, 5.41) is 9.15. The highest BCUT2D eigenvalue weighted by atomic mass is 15.4. The van der Waals surface area contributed by atoms with Gasteiger partial charge in [-0.3, -0.25) is 4.68 Å². The molecule has 1 fully saturated rings. The lowest BCUT2D eigenvalue weighted by Crippen LogP contribution is -2.37. The van der Waals surface area contributed by atoms with E-state index in [0.717, 1.165) is 30.3 Å². The van der Waals surface area contributed by atoms with Gasteiger partial charge in [-0.25, -0.2) is 0 Å². The molecule has 4 heteroatoms. The van der Waals surface area contributed by atoms with E-state index in [1.807, 2.05) is 11.7 Å². The van der Waals surface area contributed by atoms with Crippen LogP contribution in [0.2, 0.25) is 0 Å². The number of aromatic nitrogens is 2. The van der Waals surface area contributed by atoms with Crippen molar-refractivity contribution in [2.24, 2.45) is 7.05 Å². The molecule has 110 valence electrons. The minimum atomic E-state index is 0.472. The van der Waals surface area contributed by atoms with Crippen molar-refractivity contribution >= 4 is 16.7 Å². The molecule has 2 heterocycles. The van der Waals surface area contributed by atoms with E-state index in [-0.39, 0.29) is 0 Å². The molecule has 1 saturated heterocycles. The second kappa shape index (κ2) is 4.95. The molecule has 0 atom stereocenters. The predicted molar refractivity (Wildman–Crippen MR) is 88.2 cm³/mol. The Kier molecular flexibility index (Phi) is 3.24. The Labute approximate surface area is 125 Å². The number of nitrogens with one attached hydrogen (secondary N) is 1. The summed E-state index contributed by atoms with van der Waals surface area (Å²) in [6.07, 6.45) is 0.904. The van der Waals surface area contributed by atoms with Crippen LogP contribution in [0.5, 0.6) is 0 Å². The van der Waals surface area contributed by atoms with E-state index in [0.29, 0.717) is 5.92 Å². The van der Waals surface area contributed by atoms with Crippen molar-refractivity contribution in [1.82, 2.24) is 15.1 Å². The number of aryl methyl sites for hydroxylation is 1. The standard InChI is InChI=1S/C17H22N4/c1-11(2)14-7-6-8-15-16(14)20(5)19-17(15)21-10-9-12(3)18-13(21)4/h6-8,11,18H,3-4,9-10H2,1-2,5H3. The van der Waals surface area contributed by atoms with Gasteiger partial charge in [-0.2, -0.15) is 5.10 Å². The van der Waals surface area contributed by atoms with Crippen LogP contribution in [0.15, 0.2) is 42.9 Å². The van der Waals surface area contributed by atoms with Crippen molar-refractivity contribution in [3.63, 3.8) is 0 Å². The topological polar surface area (TPSA) is 33.1 Å². The molecule has 3 rings (SSSR count). The molecule has 0 radical (unpaired) electrons. The smallest absolute Gasteiger partial charge is 0.164 e. The number of benzene rings is 1. The van der Waals surface area contributed by atoms with Crippen molar-refractivity contribution in [1.29, 1.82) is 0 Å². The fourth-order valence-electron chi connectivity index (χ4n) is 2.96. The van der Waals surface area contributed by atoms with E-state index < -0.39 is 0 Å². The molecule has 0 unspecified atom stereocenters. The lowest BCUT2D eigenvalue weighted by Gasteiger charge is -2.31. The molecule has 4 nitrogen and oxygen atoms in total. The maximum Gasteiger partial charge on any atom is 0.164 e. The molecule has 0 spiro atoms. The lowest BCUT2D eigenvalue weighted by molar-refractivity contribution is 0.690. The summed E-state index contributed by atoms with van der Waals surface area (Å²) in [6, 6.07) is 6.44. The van der Waals surface area contributed by atoms with E-state index >= 15 is 0 Å². The van der Waals surface area contributed by atoms with Gasteiger partial charge in [0.15, 0.2) is 5.82 Å². The first-order valence-corrected chi connectivity index (χ1v) is 7.36. The molecule has 0 amide bonds. The third-order valence-electron chi connectivity index (χ3n) is 4.04. The van der Waals surface area contributed by atoms with Gasteiger partial charge in [-0.1, -0.05) is 39.1 Å². The minimum absolute atomic E-state index is 0.472. The van der Waals surface area contributed by atoms with Crippen LogP contribution in [-0.4, -0.2) is 16.3 Å². The van der Waals surface area contributed by atoms with E-state index in [1.54, 1.807) is 0 Å². The Balaban J connectivity index is 2.14. The summed E-state index contributed by atoms with van der Waals surface area (Å²) < 4.78 is 1.98. The number of hydrogen-bond donors (Lipinski definition) is 1. The predicted octanol–water partition coefficient (Wildman–Crippen LogP) is 3.48. The van der Waals surface area contributed by atoms with Gasteiger partial charge in [-0.05, 0) is 17.5 Å². The molecule has 0 saturated carbocycles. The summed E-state index contributed by atoms with van der Waals surface area (Å²) in [4.78, 5) is 2.14. The second-order valence-electron chi connectivity index (χ2n) is 5.92. The minimum Gasteiger partial charge on any atom is -0.346 e. The molecule has 1 aromatic carbocycles. The Bertz CT molecular complexity index is 724. The highest BCUT2D eigenvalue weighted by molar-refractivity contribution is 5.93. The highest BCUT2D eigenvalue weighted by Crippen LogP contribution is 2.33. The monoisotopic (exact) mass is 282 g/mol. The highest BCUT2D eigenvalue weighted by Gasteiger charge is 2.23. The average molecular weight is 282 g/mol. The Hall–Kier alpha value is -2.23. The third-order valence-corrected chi connectivity index (χ3v) is 4.04. The summed E-state index contributed by atoms with van der Waals surface area (Å²) >= 11 is 0. The number of nitrogens with zero attached hydrogens (tertiary/aromatic N) is 3. The summed E-state index contributed by atoms with van der Waals surface area (Å²) in [5.41, 5.74) is 3.55. The Morgan fingerprint density at radius 1 is 1.29 bits per heavy atom. The Morgan fingerprint density at radius 3 is 2.71 bits per heavy atom. The van der Waals surface area contributed by atoms with Gasteiger partial charge in [0.25, 0.3) is 0 Å². The summed E-state index contributed by atoms with van der Waals surface area (Å²) in [5.74, 6) is 2.29. The normalized spacial score (nSPS) is 15.9. The van der Waals surface area contributed by atoms with E-state index in [9.17, 15) is 0 Å². The van der Waals surface area contributed by atoms with Crippen LogP contribution in [0, 0.1) is 0 Å². The van der Waals surface area contributed by atoms with E-state index in [4.69, 9.17) is 5.10 Å². The molecule has 21 heavy (non-hydrogen) atoms. The Morgan fingerprint density at radius 2 is 2.05 bits per heavy atom. The summed E-state index contributed by atoms with van der Waals surface area (Å²) in [6.45, 7) is 13.4. The quantitative estimate of drug-likeness (QED) is 0.915. The zero-order valence-corrected chi connectivity index (χ0v) is 13.0. The number of anilines is 1. The molecule has 1 N–H and O–H groups in total. The van der Waals surface area contributed by atoms with Gasteiger partial charge in [0.05, 0.1) is 5.52 Å². The van der Waals surface area contributed by atoms with Crippen molar-refractivity contribution in [2.45, 2.75) is 26.2 Å². The molecule has 1 aromatic heterocycles. The fourth-order valence-corrected chi connectivity index (χ4v) is 2.96. The molecular formula is C17H22N4. The van der Waals surface area contributed by atoms with Gasteiger partial charge in [-0.15, -0.1) is 0 Å². The van der Waals surface area contributed by atoms with Crippen LogP contribution >= 0.6 is 0 Å². The van der Waals surface area contributed by atoms with Gasteiger partial charge >= 0.3 is 0 Å². The van der Waals surface area contributed by atoms with Crippen LogP contribution in [-0.2, 0) is 7.05 Å². The van der Waals surface area contributed by atoms with Crippen LogP contribution in [0.1, 0.15) is 31.7 Å². The van der Waals surface area contributed by atoms with Gasteiger partial charge in [0.2, 0.25) is 0 Å². The molecular weight excluding hydrogens is 260 g/mol. The third kappa shape index (κ3) is 2.20. The second-order valence-corrected chi connectivity index (χ2v) is 5.92. The zero-order valence-electron chi connectivity index (χ0n) is 13.0. The molecule has 1 aliphatic heterocycles. The van der Waals surface area contributed by atoms with E-state index in [2.05, 4.69) is 55.4 Å². The fraction of sp³-hybridized carbons (Fsp3) is 0.353. The van der Waals surface area contributed by atoms with Crippen LogP contribution in [0.25, 0.3) is 10.9 Å². The first-order valence-electron chi connectivity index (χ1n) is 7.36. The molecule has 2 aromatic rings. The number of para-hydroxylation sites is 1. The number of hydrogen-bond acceptors (Lipinski definition) is 3. The van der Waals surface area contributed by atoms with Crippen molar-refractivity contribution in [2.75, 3.05) is 11.4 Å². The molecule has 0 aliphatic carbocycles. The maximum absolute atomic E-state index is 4.74. The van der Waals surface area contributed by atoms with Crippen LogP contribution < -0.4 is 10.2 Å². The van der Waals surface area contributed by atoms with Crippen molar-refractivity contribution < 1.29 is 0 Å². The first kappa shape index (κ1) is 13.7. The van der Waals surface area contributed by atoms with Crippen LogP contribution in [0.3, 0.4) is 0 Å². The SMILES string of the molecule is C=C1CCN(c2nn(C)c3c(C(C)C)cccc23)C(=C)N1. The van der Waals surface area contributed by atoms with E-state index in [1.165, 1.54) is 16.5 Å². The number of fused-ring (bicyclic) bond motifs is 1. The maximum atomic E-state index is 4.74.